The lowest BCUT2D eigenvalue weighted by Gasteiger charge is -2.22. The Kier molecular flexibility index (Phi) is 2.40. The van der Waals surface area contributed by atoms with Crippen LogP contribution in [0.5, 0.6) is 0 Å². The van der Waals surface area contributed by atoms with Gasteiger partial charge in [-0.2, -0.15) is 0 Å². The molecule has 2 heterocycles. The summed E-state index contributed by atoms with van der Waals surface area (Å²) in [5.41, 5.74) is 0.850. The van der Waals surface area contributed by atoms with E-state index in [-0.39, 0.29) is 24.4 Å². The van der Waals surface area contributed by atoms with E-state index in [0.717, 1.165) is 11.3 Å². The monoisotopic (exact) mass is 244 g/mol. The molecule has 3 amide bonds. The first-order chi connectivity index (χ1) is 8.68. The van der Waals surface area contributed by atoms with Gasteiger partial charge in [-0.05, 0) is 18.6 Å². The summed E-state index contributed by atoms with van der Waals surface area (Å²) in [6.07, 6.45) is 1.30. The molecular weight excluding hydrogens is 232 g/mol. The molecule has 2 aliphatic heterocycles. The van der Waals surface area contributed by atoms with Crippen LogP contribution < -0.4 is 0 Å². The van der Waals surface area contributed by atoms with Gasteiger partial charge in [0.2, 0.25) is 5.91 Å². The van der Waals surface area contributed by atoms with Crippen molar-refractivity contribution in [3.8, 4) is 0 Å². The van der Waals surface area contributed by atoms with Crippen LogP contribution >= 0.6 is 0 Å². The van der Waals surface area contributed by atoms with Crippen LogP contribution in [0.4, 0.5) is 0 Å². The van der Waals surface area contributed by atoms with Crippen LogP contribution in [0.15, 0.2) is 24.3 Å². The van der Waals surface area contributed by atoms with Crippen LogP contribution in [0.3, 0.4) is 0 Å². The van der Waals surface area contributed by atoms with Gasteiger partial charge >= 0.3 is 0 Å². The summed E-state index contributed by atoms with van der Waals surface area (Å²) >= 11 is 0. The van der Waals surface area contributed by atoms with Gasteiger partial charge in [0.15, 0.2) is 0 Å². The lowest BCUT2D eigenvalue weighted by atomic mass is 10.1. The number of likely N-dealkylation sites (tertiary alicyclic amines) is 1. The second-order valence-electron chi connectivity index (χ2n) is 4.49. The summed E-state index contributed by atoms with van der Waals surface area (Å²) in [7, 11) is 0. The quantitative estimate of drug-likeness (QED) is 0.725. The number of carbonyl (C=O) groups excluding carboxylic acids is 3. The minimum absolute atomic E-state index is 0.00607. The molecule has 0 aromatic heterocycles. The number of imide groups is 1. The number of rotatable bonds is 2. The second-order valence-corrected chi connectivity index (χ2v) is 4.49. The predicted molar refractivity (Wildman–Crippen MR) is 62.8 cm³/mol. The van der Waals surface area contributed by atoms with E-state index in [1.165, 1.54) is 0 Å². The molecule has 0 atom stereocenters. The molecule has 5 heteroatoms. The van der Waals surface area contributed by atoms with E-state index < -0.39 is 0 Å². The Balaban J connectivity index is 1.86. The fraction of sp³-hybridized carbons (Fsp3) is 0.308. The molecule has 1 aromatic carbocycles. The first-order valence-electron chi connectivity index (χ1n) is 5.91. The number of amides is 3. The number of fused-ring (bicyclic) bond motifs is 1. The Labute approximate surface area is 104 Å². The molecule has 5 nitrogen and oxygen atoms in total. The van der Waals surface area contributed by atoms with Crippen LogP contribution in [0, 0.1) is 0 Å². The molecule has 0 saturated carbocycles. The summed E-state index contributed by atoms with van der Waals surface area (Å²) in [4.78, 5) is 38.4. The van der Waals surface area contributed by atoms with Gasteiger partial charge < -0.3 is 4.90 Å². The van der Waals surface area contributed by atoms with Crippen molar-refractivity contribution in [1.82, 2.24) is 9.80 Å². The molecular formula is C13H12N2O3. The molecule has 0 spiro atoms. The third-order valence-electron chi connectivity index (χ3n) is 3.36. The van der Waals surface area contributed by atoms with Gasteiger partial charge in [0.05, 0.1) is 11.1 Å². The molecule has 1 aromatic rings. The van der Waals surface area contributed by atoms with E-state index in [0.29, 0.717) is 24.1 Å². The van der Waals surface area contributed by atoms with Crippen molar-refractivity contribution in [3.05, 3.63) is 35.4 Å². The SMILES string of the molecule is O=C1CCCN1CN1C(=O)c2ccccc2C1=O. The second kappa shape index (κ2) is 3.94. The van der Waals surface area contributed by atoms with Crippen LogP contribution in [0.25, 0.3) is 0 Å². The number of carbonyl (C=O) groups is 3. The van der Waals surface area contributed by atoms with E-state index in [2.05, 4.69) is 0 Å². The van der Waals surface area contributed by atoms with E-state index >= 15 is 0 Å². The zero-order chi connectivity index (χ0) is 12.7. The summed E-state index contributed by atoms with van der Waals surface area (Å²) in [6.45, 7) is 0.692. The van der Waals surface area contributed by atoms with Gasteiger partial charge in [-0.15, -0.1) is 0 Å². The molecule has 92 valence electrons. The molecule has 0 N–H and O–H groups in total. The minimum Gasteiger partial charge on any atom is -0.324 e. The van der Waals surface area contributed by atoms with Gasteiger partial charge in [0.1, 0.15) is 6.67 Å². The average molecular weight is 244 g/mol. The van der Waals surface area contributed by atoms with Crippen molar-refractivity contribution in [2.45, 2.75) is 12.8 Å². The number of nitrogens with zero attached hydrogens (tertiary/aromatic N) is 2. The van der Waals surface area contributed by atoms with Crippen molar-refractivity contribution >= 4 is 17.7 Å². The normalized spacial score (nSPS) is 18.8. The van der Waals surface area contributed by atoms with Crippen molar-refractivity contribution in [2.75, 3.05) is 13.2 Å². The Morgan fingerprint density at radius 1 is 1.00 bits per heavy atom. The topological polar surface area (TPSA) is 57.7 Å². The van der Waals surface area contributed by atoms with E-state index in [1.54, 1.807) is 29.2 Å². The van der Waals surface area contributed by atoms with Gasteiger partial charge in [-0.1, -0.05) is 12.1 Å². The maximum absolute atomic E-state index is 12.1. The first kappa shape index (κ1) is 11.0. The Bertz CT molecular complexity index is 518. The predicted octanol–water partition coefficient (Wildman–Crippen LogP) is 0.863. The zero-order valence-corrected chi connectivity index (χ0v) is 9.76. The van der Waals surface area contributed by atoms with Crippen molar-refractivity contribution in [3.63, 3.8) is 0 Å². The minimum atomic E-state index is -0.310. The Morgan fingerprint density at radius 2 is 1.61 bits per heavy atom. The number of benzene rings is 1. The summed E-state index contributed by atoms with van der Waals surface area (Å²) in [5.74, 6) is -0.614. The number of hydrogen-bond donors (Lipinski definition) is 0. The van der Waals surface area contributed by atoms with Crippen molar-refractivity contribution in [2.24, 2.45) is 0 Å². The highest BCUT2D eigenvalue weighted by atomic mass is 16.2. The summed E-state index contributed by atoms with van der Waals surface area (Å²) in [5, 5.41) is 0. The van der Waals surface area contributed by atoms with E-state index in [9.17, 15) is 14.4 Å². The van der Waals surface area contributed by atoms with Crippen LogP contribution in [-0.2, 0) is 4.79 Å². The smallest absolute Gasteiger partial charge is 0.263 e. The molecule has 1 fully saturated rings. The molecule has 0 radical (unpaired) electrons. The average Bonchev–Trinajstić information content (AvgIpc) is 2.89. The third kappa shape index (κ3) is 1.51. The number of hydrogen-bond acceptors (Lipinski definition) is 3. The standard InChI is InChI=1S/C13H12N2O3/c16-11-6-3-7-14(11)8-15-12(17)9-4-1-2-5-10(9)13(15)18/h1-2,4-5H,3,6-8H2. The molecule has 1 saturated heterocycles. The molecule has 0 aliphatic carbocycles. The van der Waals surface area contributed by atoms with Crippen LogP contribution in [0.2, 0.25) is 0 Å². The fourth-order valence-electron chi connectivity index (χ4n) is 2.39. The van der Waals surface area contributed by atoms with Gasteiger partial charge in [-0.3, -0.25) is 19.3 Å². The first-order valence-corrected chi connectivity index (χ1v) is 5.91. The van der Waals surface area contributed by atoms with E-state index in [4.69, 9.17) is 0 Å². The van der Waals surface area contributed by atoms with E-state index in [1.807, 2.05) is 0 Å². The highest BCUT2D eigenvalue weighted by molar-refractivity contribution is 6.21. The lowest BCUT2D eigenvalue weighted by molar-refractivity contribution is -0.128. The van der Waals surface area contributed by atoms with Crippen LogP contribution in [0.1, 0.15) is 33.6 Å². The highest BCUT2D eigenvalue weighted by Gasteiger charge is 2.37. The lowest BCUT2D eigenvalue weighted by Crippen LogP contribution is -2.41. The molecule has 2 aliphatic rings. The molecule has 3 rings (SSSR count). The van der Waals surface area contributed by atoms with Gasteiger partial charge in [0.25, 0.3) is 11.8 Å². The van der Waals surface area contributed by atoms with Crippen LogP contribution in [-0.4, -0.2) is 40.7 Å². The maximum Gasteiger partial charge on any atom is 0.263 e. The Hall–Kier alpha value is -2.17. The van der Waals surface area contributed by atoms with Gasteiger partial charge in [-0.25, -0.2) is 0 Å². The highest BCUT2D eigenvalue weighted by Crippen LogP contribution is 2.23. The molecule has 18 heavy (non-hydrogen) atoms. The molecule has 0 bridgehead atoms. The summed E-state index contributed by atoms with van der Waals surface area (Å²) < 4.78 is 0. The largest absolute Gasteiger partial charge is 0.324 e. The van der Waals surface area contributed by atoms with Gasteiger partial charge in [0, 0.05) is 13.0 Å². The van der Waals surface area contributed by atoms with Crippen molar-refractivity contribution < 1.29 is 14.4 Å². The zero-order valence-electron chi connectivity index (χ0n) is 9.76. The molecule has 0 unspecified atom stereocenters. The maximum atomic E-state index is 12.1. The summed E-state index contributed by atoms with van der Waals surface area (Å²) in [6, 6.07) is 6.74. The van der Waals surface area contributed by atoms with Crippen molar-refractivity contribution in [1.29, 1.82) is 0 Å². The fourth-order valence-corrected chi connectivity index (χ4v) is 2.39. The third-order valence-corrected chi connectivity index (χ3v) is 3.36. The Morgan fingerprint density at radius 3 is 2.11 bits per heavy atom.